The summed E-state index contributed by atoms with van der Waals surface area (Å²) in [4.78, 5) is 11.2. The highest BCUT2D eigenvalue weighted by atomic mass is 79.9. The van der Waals surface area contributed by atoms with Crippen molar-refractivity contribution in [3.05, 3.63) is 22.7 Å². The van der Waals surface area contributed by atoms with E-state index in [-0.39, 0.29) is 6.03 Å². The van der Waals surface area contributed by atoms with Gasteiger partial charge in [-0.15, -0.1) is 0 Å². The number of benzene rings is 1. The largest absolute Gasteiger partial charge is 0.397 e. The maximum Gasteiger partial charge on any atom is 0.319 e. The Hall–Kier alpha value is -1.23. The van der Waals surface area contributed by atoms with Gasteiger partial charge in [0, 0.05) is 11.0 Å². The van der Waals surface area contributed by atoms with Gasteiger partial charge in [-0.25, -0.2) is 4.79 Å². The molecule has 0 fully saturated rings. The van der Waals surface area contributed by atoms with Crippen LogP contribution in [0.3, 0.4) is 0 Å². The van der Waals surface area contributed by atoms with Crippen molar-refractivity contribution >= 4 is 33.3 Å². The fourth-order valence-corrected chi connectivity index (χ4v) is 1.35. The van der Waals surface area contributed by atoms with E-state index in [1.165, 1.54) is 0 Å². The van der Waals surface area contributed by atoms with Crippen LogP contribution in [0.2, 0.25) is 0 Å². The zero-order valence-corrected chi connectivity index (χ0v) is 9.39. The van der Waals surface area contributed by atoms with Crippen LogP contribution in [0.4, 0.5) is 16.2 Å². The van der Waals surface area contributed by atoms with Gasteiger partial charge in [0.05, 0.1) is 11.4 Å². The Morgan fingerprint density at radius 3 is 2.86 bits per heavy atom. The van der Waals surface area contributed by atoms with Gasteiger partial charge in [0.2, 0.25) is 0 Å². The molecule has 76 valence electrons. The number of hydrogen-bond acceptors (Lipinski definition) is 2. The summed E-state index contributed by atoms with van der Waals surface area (Å²) < 4.78 is 0.886. The van der Waals surface area contributed by atoms with Gasteiger partial charge in [0.25, 0.3) is 0 Å². The highest BCUT2D eigenvalue weighted by molar-refractivity contribution is 9.10. The Bertz CT molecular complexity index is 341. The number of rotatable bonds is 2. The quantitative estimate of drug-likeness (QED) is 0.711. The summed E-state index contributed by atoms with van der Waals surface area (Å²) in [6, 6.07) is 5.05. The van der Waals surface area contributed by atoms with E-state index in [9.17, 15) is 4.79 Å². The summed E-state index contributed by atoms with van der Waals surface area (Å²) in [7, 11) is 0. The van der Waals surface area contributed by atoms with E-state index in [0.717, 1.165) is 4.47 Å². The normalized spacial score (nSPS) is 9.57. The first-order chi connectivity index (χ1) is 6.63. The maximum absolute atomic E-state index is 11.2. The smallest absolute Gasteiger partial charge is 0.319 e. The van der Waals surface area contributed by atoms with E-state index in [1.54, 1.807) is 12.1 Å². The molecule has 5 heteroatoms. The lowest BCUT2D eigenvalue weighted by Gasteiger charge is -2.08. The molecule has 14 heavy (non-hydrogen) atoms. The first-order valence-electron chi connectivity index (χ1n) is 4.23. The van der Waals surface area contributed by atoms with Crippen LogP contribution in [0.5, 0.6) is 0 Å². The van der Waals surface area contributed by atoms with Gasteiger partial charge in [-0.05, 0) is 25.1 Å². The highest BCUT2D eigenvalue weighted by Crippen LogP contribution is 2.22. The molecule has 0 heterocycles. The summed E-state index contributed by atoms with van der Waals surface area (Å²) >= 11 is 3.28. The van der Waals surface area contributed by atoms with Gasteiger partial charge in [0.1, 0.15) is 0 Å². The third-order valence-corrected chi connectivity index (χ3v) is 2.09. The first-order valence-corrected chi connectivity index (χ1v) is 5.02. The Morgan fingerprint density at radius 2 is 2.29 bits per heavy atom. The van der Waals surface area contributed by atoms with E-state index in [1.807, 2.05) is 13.0 Å². The van der Waals surface area contributed by atoms with E-state index < -0.39 is 0 Å². The third-order valence-electron chi connectivity index (χ3n) is 1.60. The Morgan fingerprint density at radius 1 is 1.57 bits per heavy atom. The highest BCUT2D eigenvalue weighted by Gasteiger charge is 2.03. The number of halogens is 1. The van der Waals surface area contributed by atoms with Crippen molar-refractivity contribution < 1.29 is 4.79 Å². The lowest BCUT2D eigenvalue weighted by molar-refractivity contribution is 0.252. The molecule has 0 aromatic heterocycles. The fraction of sp³-hybridized carbons (Fsp3) is 0.222. The van der Waals surface area contributed by atoms with E-state index in [0.29, 0.717) is 17.9 Å². The number of hydrogen-bond donors (Lipinski definition) is 3. The van der Waals surface area contributed by atoms with Crippen LogP contribution in [0.15, 0.2) is 22.7 Å². The van der Waals surface area contributed by atoms with E-state index in [2.05, 4.69) is 26.6 Å². The minimum atomic E-state index is -0.249. The van der Waals surface area contributed by atoms with Crippen LogP contribution in [0.1, 0.15) is 6.92 Å². The van der Waals surface area contributed by atoms with Crippen molar-refractivity contribution in [3.63, 3.8) is 0 Å². The number of amides is 2. The molecular weight excluding hydrogens is 246 g/mol. The van der Waals surface area contributed by atoms with Crippen LogP contribution < -0.4 is 16.4 Å². The SMILES string of the molecule is CCNC(=O)Nc1ccc(Br)cc1N. The number of carbonyl (C=O) groups is 1. The van der Waals surface area contributed by atoms with Crippen molar-refractivity contribution in [1.82, 2.24) is 5.32 Å². The minimum Gasteiger partial charge on any atom is -0.397 e. The Labute approximate surface area is 91.0 Å². The summed E-state index contributed by atoms with van der Waals surface area (Å²) in [6.07, 6.45) is 0. The van der Waals surface area contributed by atoms with Crippen LogP contribution in [0, 0.1) is 0 Å². The molecule has 0 radical (unpaired) electrons. The first kappa shape index (κ1) is 10.8. The van der Waals surface area contributed by atoms with Crippen molar-refractivity contribution in [3.8, 4) is 0 Å². The Balaban J connectivity index is 2.72. The van der Waals surface area contributed by atoms with Gasteiger partial charge in [-0.2, -0.15) is 0 Å². The van der Waals surface area contributed by atoms with Crippen LogP contribution >= 0.6 is 15.9 Å². The molecule has 0 unspecified atom stereocenters. The van der Waals surface area contributed by atoms with Crippen LogP contribution in [0.25, 0.3) is 0 Å². The number of nitrogen functional groups attached to an aromatic ring is 1. The van der Waals surface area contributed by atoms with Gasteiger partial charge in [-0.1, -0.05) is 15.9 Å². The van der Waals surface area contributed by atoms with Crippen LogP contribution in [-0.4, -0.2) is 12.6 Å². The predicted octanol–water partition coefficient (Wildman–Crippen LogP) is 2.17. The number of nitrogens with one attached hydrogen (secondary N) is 2. The summed E-state index contributed by atoms with van der Waals surface area (Å²) in [5, 5.41) is 5.26. The standard InChI is InChI=1S/C9H12BrN3O/c1-2-12-9(14)13-8-4-3-6(10)5-7(8)11/h3-5H,2,11H2,1H3,(H2,12,13,14). The lowest BCUT2D eigenvalue weighted by Crippen LogP contribution is -2.28. The molecule has 4 N–H and O–H groups in total. The van der Waals surface area contributed by atoms with Crippen molar-refractivity contribution in [2.24, 2.45) is 0 Å². The molecular formula is C9H12BrN3O. The number of anilines is 2. The molecule has 4 nitrogen and oxygen atoms in total. The molecule has 0 aliphatic heterocycles. The molecule has 0 saturated heterocycles. The zero-order valence-electron chi connectivity index (χ0n) is 7.80. The minimum absolute atomic E-state index is 0.249. The van der Waals surface area contributed by atoms with Crippen molar-refractivity contribution in [1.29, 1.82) is 0 Å². The Kier molecular flexibility index (Phi) is 3.76. The molecule has 2 amide bonds. The maximum atomic E-state index is 11.2. The molecule has 0 saturated carbocycles. The van der Waals surface area contributed by atoms with E-state index in [4.69, 9.17) is 5.73 Å². The molecule has 1 rings (SSSR count). The average Bonchev–Trinajstić information content (AvgIpc) is 2.10. The van der Waals surface area contributed by atoms with Gasteiger partial charge >= 0.3 is 6.03 Å². The van der Waals surface area contributed by atoms with Gasteiger partial charge < -0.3 is 16.4 Å². The number of nitrogens with two attached hydrogens (primary N) is 1. The van der Waals surface area contributed by atoms with Gasteiger partial charge in [-0.3, -0.25) is 0 Å². The monoisotopic (exact) mass is 257 g/mol. The molecule has 0 bridgehead atoms. The molecule has 0 atom stereocenters. The van der Waals surface area contributed by atoms with Gasteiger partial charge in [0.15, 0.2) is 0 Å². The molecule has 1 aromatic carbocycles. The van der Waals surface area contributed by atoms with Crippen molar-refractivity contribution in [2.75, 3.05) is 17.6 Å². The lowest BCUT2D eigenvalue weighted by atomic mass is 10.3. The number of carbonyl (C=O) groups excluding carboxylic acids is 1. The topological polar surface area (TPSA) is 67.2 Å². The molecule has 0 aliphatic rings. The zero-order chi connectivity index (χ0) is 10.6. The average molecular weight is 258 g/mol. The third kappa shape index (κ3) is 2.92. The fourth-order valence-electron chi connectivity index (χ4n) is 0.974. The van der Waals surface area contributed by atoms with Crippen LogP contribution in [-0.2, 0) is 0 Å². The van der Waals surface area contributed by atoms with Crippen molar-refractivity contribution in [2.45, 2.75) is 6.92 Å². The predicted molar refractivity (Wildman–Crippen MR) is 61.2 cm³/mol. The summed E-state index contributed by atoms with van der Waals surface area (Å²) in [6.45, 7) is 2.44. The summed E-state index contributed by atoms with van der Waals surface area (Å²) in [5.74, 6) is 0. The second-order valence-electron chi connectivity index (χ2n) is 2.72. The second kappa shape index (κ2) is 4.85. The van der Waals surface area contributed by atoms with E-state index >= 15 is 0 Å². The summed E-state index contributed by atoms with van der Waals surface area (Å²) in [5.41, 5.74) is 6.84. The molecule has 1 aromatic rings. The molecule has 0 spiro atoms. The second-order valence-corrected chi connectivity index (χ2v) is 3.63. The number of urea groups is 1. The molecule has 0 aliphatic carbocycles.